The number of carbonyl (C=O) groups is 1. The number of aromatic nitrogens is 4. The van der Waals surface area contributed by atoms with E-state index in [0.29, 0.717) is 0 Å². The fourth-order valence-electron chi connectivity index (χ4n) is 3.12. The minimum Gasteiger partial charge on any atom is -0.494 e. The van der Waals surface area contributed by atoms with Crippen molar-refractivity contribution in [2.45, 2.75) is 6.50 Å². The summed E-state index contributed by atoms with van der Waals surface area (Å²) in [4.78, 5) is 20.6. The zero-order valence-electron chi connectivity index (χ0n) is 49.4. The minimum absolute atomic E-state index is 0.119. The molecule has 41 heavy (non-hydrogen) atoms. The number of amides is 1. The lowest BCUT2D eigenvalue weighted by Crippen LogP contribution is -2.36. The first-order valence-corrected chi connectivity index (χ1v) is 10.9. The normalized spacial score (nSPS) is 29.2. The van der Waals surface area contributed by atoms with Gasteiger partial charge in [-0.3, -0.25) is 4.79 Å². The van der Waals surface area contributed by atoms with Crippen LogP contribution in [0.4, 0.5) is 23.0 Å². The van der Waals surface area contributed by atoms with Crippen LogP contribution in [0.25, 0.3) is 17.1 Å². The number of ether oxygens (including phenoxy) is 2. The van der Waals surface area contributed by atoms with Crippen LogP contribution in [0, 0.1) is 0 Å². The van der Waals surface area contributed by atoms with Crippen LogP contribution in [0.5, 0.6) is 5.75 Å². The zero-order valence-corrected chi connectivity index (χ0v) is 20.4. The molecule has 2 N–H and O–H groups in total. The predicted octanol–water partition coefficient (Wildman–Crippen LogP) is 4.10. The minimum atomic E-state index is -3.99. The molecule has 5 rings (SSSR count). The van der Waals surface area contributed by atoms with E-state index in [1.54, 1.807) is 5.32 Å². The molecule has 1 aliphatic heterocycles. The third kappa shape index (κ3) is 6.53. The van der Waals surface area contributed by atoms with E-state index in [4.69, 9.17) is 43.1 Å². The highest BCUT2D eigenvalue weighted by atomic mass is 16.5. The molecule has 1 amide bonds. The molecule has 0 radical (unpaired) electrons. The molecule has 11 heteroatoms. The van der Waals surface area contributed by atoms with Gasteiger partial charge >= 0.3 is 0 Å². The van der Waals surface area contributed by atoms with Crippen LogP contribution < -0.4 is 20.3 Å². The van der Waals surface area contributed by atoms with Crippen LogP contribution >= 0.6 is 0 Å². The third-order valence-corrected chi connectivity index (χ3v) is 4.69. The van der Waals surface area contributed by atoms with Gasteiger partial charge in [-0.2, -0.15) is 10.1 Å². The van der Waals surface area contributed by atoms with Crippen LogP contribution in [-0.4, -0.2) is 77.7 Å². The van der Waals surface area contributed by atoms with Gasteiger partial charge in [0.05, 0.1) is 75.8 Å². The SMILES string of the molecule is [2H]C([2H])=C([2H])C(=O)Nc1c([2H])c(Nc2nc([2H])c([2H])c(-n3nc(-c4c([2H])c([2H])c([2H])c([2H])c4[2H])c(C([2H])([2H])N(C)C([2H])([2H])[2H])c3[2H])n2)c(OC([2H])([2H])[2H])c([2H])c1N1C([2H])([2H])C([2H])([2H])OC([2H])([2H])C1([2H])[2H]. The number of nitrogens with one attached hydrogen (secondary N) is 2. The average Bonchev–Trinajstić information content (AvgIpc) is 3.55. The Labute approximate surface area is 280 Å². The van der Waals surface area contributed by atoms with Gasteiger partial charge in [0.15, 0.2) is 5.82 Å². The molecular weight excluding hydrogens is 520 g/mol. The largest absolute Gasteiger partial charge is 0.494 e. The number of carbonyl (C=O) groups excluding carboxylic acids is 1. The second-order valence-electron chi connectivity index (χ2n) is 7.37. The fraction of sp³-hybridized carbons (Fsp3) is 0.267. The summed E-state index contributed by atoms with van der Waals surface area (Å²) in [6.07, 6.45) is -2.40. The highest BCUT2D eigenvalue weighted by Gasteiger charge is 2.20. The number of methoxy groups -OCH3 is 1. The van der Waals surface area contributed by atoms with Gasteiger partial charge in [-0.1, -0.05) is 36.7 Å². The Morgan fingerprint density at radius 1 is 1.34 bits per heavy atom. The highest BCUT2D eigenvalue weighted by Crippen LogP contribution is 2.38. The first kappa shape index (κ1) is 9.40. The van der Waals surface area contributed by atoms with Gasteiger partial charge in [-0.05, 0) is 26.1 Å². The summed E-state index contributed by atoms with van der Waals surface area (Å²) in [6, 6.07) is -10.6. The zero-order chi connectivity index (χ0) is 53.9. The number of benzene rings is 2. The second-order valence-corrected chi connectivity index (χ2v) is 7.37. The molecule has 0 unspecified atom stereocenters. The molecule has 2 aromatic heterocycles. The topological polar surface area (TPSA) is 110 Å². The summed E-state index contributed by atoms with van der Waals surface area (Å²) in [5.74, 6) is -5.45. The van der Waals surface area contributed by atoms with Crippen molar-refractivity contribution in [1.29, 1.82) is 0 Å². The molecule has 1 aliphatic rings. The Bertz CT molecular complexity index is 2780. The van der Waals surface area contributed by atoms with Gasteiger partial charge < -0.3 is 29.9 Å². The van der Waals surface area contributed by atoms with Crippen molar-refractivity contribution >= 4 is 28.9 Å². The van der Waals surface area contributed by atoms with Gasteiger partial charge in [-0.25, -0.2) is 9.67 Å². The van der Waals surface area contributed by atoms with E-state index in [9.17, 15) is 6.17 Å². The van der Waals surface area contributed by atoms with Crippen molar-refractivity contribution in [2.24, 2.45) is 0 Å². The van der Waals surface area contributed by atoms with Gasteiger partial charge in [0.2, 0.25) is 11.9 Å². The molecule has 2 aromatic carbocycles. The smallest absolute Gasteiger partial charge is 0.247 e. The Balaban J connectivity index is 1.92. The van der Waals surface area contributed by atoms with Crippen molar-refractivity contribution in [3.05, 3.63) is 78.8 Å². The van der Waals surface area contributed by atoms with Gasteiger partial charge in [0.1, 0.15) is 5.75 Å². The van der Waals surface area contributed by atoms with E-state index in [-0.39, 0.29) is 9.58 Å². The van der Waals surface area contributed by atoms with Crippen LogP contribution in [0.2, 0.25) is 0 Å². The van der Waals surface area contributed by atoms with Gasteiger partial charge in [0.25, 0.3) is 0 Å². The van der Waals surface area contributed by atoms with Crippen molar-refractivity contribution in [2.75, 3.05) is 62.7 Å². The first-order valence-electron chi connectivity index (χ1n) is 25.4. The van der Waals surface area contributed by atoms with E-state index in [1.807, 2.05) is 0 Å². The summed E-state index contributed by atoms with van der Waals surface area (Å²) in [7, 11) is -2.97. The Morgan fingerprint density at radius 3 is 2.98 bits per heavy atom. The Hall–Kier alpha value is -4.74. The molecule has 212 valence electrons. The molecule has 0 saturated carbocycles. The lowest BCUT2D eigenvalue weighted by Gasteiger charge is -2.31. The maximum Gasteiger partial charge on any atom is 0.247 e. The fourth-order valence-corrected chi connectivity index (χ4v) is 3.12. The lowest BCUT2D eigenvalue weighted by atomic mass is 10.1. The monoisotopic (exact) mass is 583 g/mol. The van der Waals surface area contributed by atoms with Crippen molar-refractivity contribution in [3.8, 4) is 22.8 Å². The van der Waals surface area contributed by atoms with Crippen molar-refractivity contribution < 1.29 is 54.0 Å². The third-order valence-electron chi connectivity index (χ3n) is 4.69. The molecular formula is C30H34N8O3. The summed E-state index contributed by atoms with van der Waals surface area (Å²) in [5, 5.41) is 7.97. The van der Waals surface area contributed by atoms with Crippen LogP contribution in [-0.2, 0) is 16.0 Å². The quantitative estimate of drug-likeness (QED) is 0.267. The number of morpholine rings is 1. The van der Waals surface area contributed by atoms with Gasteiger partial charge in [-0.15, -0.1) is 0 Å². The predicted molar refractivity (Wildman–Crippen MR) is 160 cm³/mol. The number of anilines is 4. The van der Waals surface area contributed by atoms with Crippen LogP contribution in [0.15, 0.2) is 73.3 Å². The number of rotatable bonds is 10. The molecule has 0 aliphatic carbocycles. The van der Waals surface area contributed by atoms with Crippen LogP contribution in [0.3, 0.4) is 0 Å². The summed E-state index contributed by atoms with van der Waals surface area (Å²) < 4.78 is 250. The summed E-state index contributed by atoms with van der Waals surface area (Å²) in [6.45, 7) is -23.9. The summed E-state index contributed by atoms with van der Waals surface area (Å²) >= 11 is 0. The number of nitrogens with zero attached hydrogens (tertiary/aromatic N) is 6. The molecule has 4 aromatic rings. The van der Waals surface area contributed by atoms with E-state index in [0.717, 1.165) is 7.05 Å². The lowest BCUT2D eigenvalue weighted by molar-refractivity contribution is -0.111. The molecule has 3 heterocycles. The van der Waals surface area contributed by atoms with Crippen LogP contribution in [0.1, 0.15) is 45.3 Å². The molecule has 0 bridgehead atoms. The Morgan fingerprint density at radius 2 is 2.20 bits per heavy atom. The Kier molecular flexibility index (Phi) is 2.89. The molecule has 0 atom stereocenters. The van der Waals surface area contributed by atoms with E-state index in [1.165, 1.54) is 0 Å². The van der Waals surface area contributed by atoms with E-state index in [2.05, 4.69) is 25.1 Å². The van der Waals surface area contributed by atoms with E-state index < -0.39 is 182 Å². The second kappa shape index (κ2) is 12.6. The molecule has 1 fully saturated rings. The van der Waals surface area contributed by atoms with Gasteiger partial charge in [0, 0.05) is 61.9 Å². The highest BCUT2D eigenvalue weighted by molar-refractivity contribution is 6.02. The van der Waals surface area contributed by atoms with Crippen molar-refractivity contribution in [1.82, 2.24) is 24.6 Å². The first-order chi connectivity index (χ1) is 31.5. The number of hydrogen-bond donors (Lipinski definition) is 2. The number of hydrogen-bond acceptors (Lipinski definition) is 9. The molecule has 1 saturated heterocycles. The van der Waals surface area contributed by atoms with E-state index >= 15 is 0 Å². The molecule has 11 nitrogen and oxygen atoms in total. The maximum atomic E-state index is 13.3. The maximum absolute atomic E-state index is 13.3. The standard InChI is InChI=1S/C30H34N8O3/c1-5-28(39)32-23-17-24(26(40-4)18-25(23)37-13-15-41-16-14-37)33-30-31-12-11-27(34-30)38-20-22(19-36(2)3)29(35-38)21-9-7-6-8-10-21/h5-12,17-18,20H,1,13-16,19H2,2-4H3,(H,32,39)(H,31,33,34)/i1D2,2D3,4D3,5D,6D,7D,8D,9D,10D,11D,12D,13D2,14D2,15D2,16D2,17D,18D,19D2,20D. The summed E-state index contributed by atoms with van der Waals surface area (Å²) in [5.41, 5.74) is -7.14. The van der Waals surface area contributed by atoms with Crippen molar-refractivity contribution in [3.63, 3.8) is 0 Å². The molecule has 0 spiro atoms. The average molecular weight is 584 g/mol.